The van der Waals surface area contributed by atoms with Crippen LogP contribution >= 0.6 is 11.8 Å². The standard InChI is InChI=1S/C12H12N2O3S2/c1-9-3-5-10(6-4-9)19(15,16)17-11-7-8-13-12(14-11)18-2/h3-8H,1-2H3. The normalized spacial score (nSPS) is 11.3. The first-order chi connectivity index (χ1) is 9.01. The Morgan fingerprint density at radius 1 is 1.16 bits per heavy atom. The van der Waals surface area contributed by atoms with Gasteiger partial charge in [0.2, 0.25) is 5.88 Å². The molecular formula is C12H12N2O3S2. The molecule has 0 spiro atoms. The topological polar surface area (TPSA) is 69.2 Å². The van der Waals surface area contributed by atoms with Crippen LogP contribution in [0.4, 0.5) is 0 Å². The number of hydrogen-bond donors (Lipinski definition) is 0. The molecule has 5 nitrogen and oxygen atoms in total. The largest absolute Gasteiger partial charge is 0.358 e. The maximum absolute atomic E-state index is 12.0. The minimum absolute atomic E-state index is 0.0138. The van der Waals surface area contributed by atoms with Crippen molar-refractivity contribution < 1.29 is 12.6 Å². The van der Waals surface area contributed by atoms with Crippen molar-refractivity contribution in [2.45, 2.75) is 17.0 Å². The van der Waals surface area contributed by atoms with E-state index in [2.05, 4.69) is 9.97 Å². The summed E-state index contributed by atoms with van der Waals surface area (Å²) >= 11 is 1.31. The van der Waals surface area contributed by atoms with E-state index in [1.165, 1.54) is 36.2 Å². The number of hydrogen-bond acceptors (Lipinski definition) is 6. The Kier molecular flexibility index (Phi) is 4.06. The monoisotopic (exact) mass is 296 g/mol. The van der Waals surface area contributed by atoms with Crippen LogP contribution in [-0.2, 0) is 10.1 Å². The maximum atomic E-state index is 12.0. The van der Waals surface area contributed by atoms with Crippen molar-refractivity contribution in [1.29, 1.82) is 0 Å². The van der Waals surface area contributed by atoms with Gasteiger partial charge in [0, 0.05) is 12.3 Å². The van der Waals surface area contributed by atoms with E-state index < -0.39 is 10.1 Å². The highest BCUT2D eigenvalue weighted by Crippen LogP contribution is 2.18. The summed E-state index contributed by atoms with van der Waals surface area (Å²) in [6.45, 7) is 1.88. The van der Waals surface area contributed by atoms with Gasteiger partial charge in [0.05, 0.1) is 0 Å². The van der Waals surface area contributed by atoms with Crippen LogP contribution in [0.5, 0.6) is 5.88 Å². The molecule has 0 aliphatic rings. The predicted octanol–water partition coefficient (Wildman–Crippen LogP) is 2.27. The van der Waals surface area contributed by atoms with Crippen molar-refractivity contribution in [2.24, 2.45) is 0 Å². The summed E-state index contributed by atoms with van der Waals surface area (Å²) in [6, 6.07) is 7.83. The molecule has 0 radical (unpaired) electrons. The van der Waals surface area contributed by atoms with E-state index >= 15 is 0 Å². The second-order valence-corrected chi connectivity index (χ2v) is 6.05. The molecule has 1 aromatic carbocycles. The van der Waals surface area contributed by atoms with Crippen molar-refractivity contribution in [1.82, 2.24) is 9.97 Å². The van der Waals surface area contributed by atoms with Crippen LogP contribution in [0.1, 0.15) is 5.56 Å². The Hall–Kier alpha value is -1.60. The first kappa shape index (κ1) is 13.8. The zero-order valence-corrected chi connectivity index (χ0v) is 12.0. The fourth-order valence-electron chi connectivity index (χ4n) is 1.34. The van der Waals surface area contributed by atoms with Crippen molar-refractivity contribution in [3.05, 3.63) is 42.1 Å². The summed E-state index contributed by atoms with van der Waals surface area (Å²) in [5.41, 5.74) is 0.977. The average Bonchev–Trinajstić information content (AvgIpc) is 2.39. The molecule has 0 aliphatic carbocycles. The summed E-state index contributed by atoms with van der Waals surface area (Å²) in [6.07, 6.45) is 3.26. The van der Waals surface area contributed by atoms with E-state index in [4.69, 9.17) is 4.18 Å². The van der Waals surface area contributed by atoms with Crippen molar-refractivity contribution in [3.8, 4) is 5.88 Å². The van der Waals surface area contributed by atoms with E-state index in [-0.39, 0.29) is 10.8 Å². The first-order valence-corrected chi connectivity index (χ1v) is 8.03. The number of rotatable bonds is 4. The van der Waals surface area contributed by atoms with Gasteiger partial charge in [-0.2, -0.15) is 13.4 Å². The number of nitrogens with zero attached hydrogens (tertiary/aromatic N) is 2. The van der Waals surface area contributed by atoms with Gasteiger partial charge in [-0.05, 0) is 25.3 Å². The minimum atomic E-state index is -3.85. The average molecular weight is 296 g/mol. The molecule has 100 valence electrons. The second-order valence-electron chi connectivity index (χ2n) is 3.73. The highest BCUT2D eigenvalue weighted by atomic mass is 32.2. The van der Waals surface area contributed by atoms with Crippen molar-refractivity contribution >= 4 is 21.9 Å². The molecule has 0 saturated heterocycles. The molecule has 0 amide bonds. The van der Waals surface area contributed by atoms with Gasteiger partial charge in [-0.15, -0.1) is 0 Å². The molecule has 0 atom stereocenters. The highest BCUT2D eigenvalue weighted by Gasteiger charge is 2.17. The molecule has 0 saturated carbocycles. The number of thioether (sulfide) groups is 1. The maximum Gasteiger partial charge on any atom is 0.340 e. The lowest BCUT2D eigenvalue weighted by Crippen LogP contribution is -2.10. The van der Waals surface area contributed by atoms with E-state index in [0.717, 1.165) is 5.56 Å². The lowest BCUT2D eigenvalue weighted by molar-refractivity contribution is 0.472. The van der Waals surface area contributed by atoms with Crippen LogP contribution in [-0.4, -0.2) is 24.6 Å². The third kappa shape index (κ3) is 3.45. The fraction of sp³-hybridized carbons (Fsp3) is 0.167. The van der Waals surface area contributed by atoms with Crippen LogP contribution in [0, 0.1) is 6.92 Å². The molecule has 0 N–H and O–H groups in total. The fourth-order valence-corrected chi connectivity index (χ4v) is 2.57. The highest BCUT2D eigenvalue weighted by molar-refractivity contribution is 7.98. The number of aromatic nitrogens is 2. The molecule has 0 fully saturated rings. The van der Waals surface area contributed by atoms with E-state index in [0.29, 0.717) is 5.16 Å². The van der Waals surface area contributed by atoms with E-state index in [1.807, 2.05) is 6.92 Å². The number of benzene rings is 1. The van der Waals surface area contributed by atoms with Gasteiger partial charge in [-0.3, -0.25) is 0 Å². The minimum Gasteiger partial charge on any atom is -0.358 e. The van der Waals surface area contributed by atoms with Gasteiger partial charge in [0.1, 0.15) is 4.90 Å². The summed E-state index contributed by atoms with van der Waals surface area (Å²) in [7, 11) is -3.85. The SMILES string of the molecule is CSc1nccc(OS(=O)(=O)c2ccc(C)cc2)n1. The molecular weight excluding hydrogens is 284 g/mol. The lowest BCUT2D eigenvalue weighted by atomic mass is 10.2. The summed E-state index contributed by atoms with van der Waals surface area (Å²) in [5, 5.41) is 0.455. The van der Waals surface area contributed by atoms with Crippen LogP contribution in [0.15, 0.2) is 46.6 Å². The molecule has 2 aromatic rings. The predicted molar refractivity (Wildman–Crippen MR) is 72.8 cm³/mol. The smallest absolute Gasteiger partial charge is 0.340 e. The summed E-state index contributed by atoms with van der Waals surface area (Å²) < 4.78 is 29.0. The van der Waals surface area contributed by atoms with Gasteiger partial charge in [-0.1, -0.05) is 29.5 Å². The third-order valence-electron chi connectivity index (χ3n) is 2.30. The van der Waals surface area contributed by atoms with Crippen LogP contribution < -0.4 is 4.18 Å². The zero-order chi connectivity index (χ0) is 13.9. The van der Waals surface area contributed by atoms with Gasteiger partial charge in [0.25, 0.3) is 0 Å². The quantitative estimate of drug-likeness (QED) is 0.490. The summed E-state index contributed by atoms with van der Waals surface area (Å²) in [4.78, 5) is 8.02. The first-order valence-electron chi connectivity index (χ1n) is 5.39. The molecule has 7 heteroatoms. The van der Waals surface area contributed by atoms with Gasteiger partial charge in [0.15, 0.2) is 5.16 Å². The molecule has 1 aromatic heterocycles. The molecule has 0 unspecified atom stereocenters. The van der Waals surface area contributed by atoms with E-state index in [1.54, 1.807) is 18.4 Å². The molecule has 0 aliphatic heterocycles. The Morgan fingerprint density at radius 3 is 2.47 bits per heavy atom. The summed E-state index contributed by atoms with van der Waals surface area (Å²) in [5.74, 6) is 0.0138. The van der Waals surface area contributed by atoms with Crippen LogP contribution in [0.2, 0.25) is 0 Å². The Morgan fingerprint density at radius 2 is 1.84 bits per heavy atom. The van der Waals surface area contributed by atoms with Crippen molar-refractivity contribution in [2.75, 3.05) is 6.26 Å². The second kappa shape index (κ2) is 5.58. The van der Waals surface area contributed by atoms with E-state index in [9.17, 15) is 8.42 Å². The zero-order valence-electron chi connectivity index (χ0n) is 10.4. The molecule has 2 rings (SSSR count). The van der Waals surface area contributed by atoms with Crippen LogP contribution in [0.25, 0.3) is 0 Å². The van der Waals surface area contributed by atoms with Crippen LogP contribution in [0.3, 0.4) is 0 Å². The Balaban J connectivity index is 2.28. The van der Waals surface area contributed by atoms with Gasteiger partial charge < -0.3 is 4.18 Å². The van der Waals surface area contributed by atoms with Gasteiger partial charge >= 0.3 is 10.1 Å². The van der Waals surface area contributed by atoms with Crippen molar-refractivity contribution in [3.63, 3.8) is 0 Å². The molecule has 19 heavy (non-hydrogen) atoms. The molecule has 1 heterocycles. The third-order valence-corrected chi connectivity index (χ3v) is 4.10. The lowest BCUT2D eigenvalue weighted by Gasteiger charge is -2.06. The Bertz CT molecular complexity index is 670. The number of aryl methyl sites for hydroxylation is 1. The molecule has 0 bridgehead atoms. The Labute approximate surface area is 116 Å². The van der Waals surface area contributed by atoms with Gasteiger partial charge in [-0.25, -0.2) is 4.98 Å².